The molecule has 5 nitrogen and oxygen atoms in total. The normalized spacial score (nSPS) is 18.0. The van der Waals surface area contributed by atoms with Crippen molar-refractivity contribution in [2.75, 3.05) is 5.32 Å². The molecule has 1 amide bonds. The highest BCUT2D eigenvalue weighted by molar-refractivity contribution is 6.04. The lowest BCUT2D eigenvalue weighted by Gasteiger charge is -2.19. The number of amides is 1. The van der Waals surface area contributed by atoms with Gasteiger partial charge in [-0.15, -0.1) is 0 Å². The number of hydrogen-bond acceptors (Lipinski definition) is 3. The van der Waals surface area contributed by atoms with Gasteiger partial charge >= 0.3 is 0 Å². The minimum Gasteiger partial charge on any atom is -0.310 e. The summed E-state index contributed by atoms with van der Waals surface area (Å²) in [4.78, 5) is 16.6. The predicted molar refractivity (Wildman–Crippen MR) is 76.6 cm³/mol. The van der Waals surface area contributed by atoms with E-state index in [1.807, 2.05) is 19.4 Å². The molecule has 2 aromatic heterocycles. The predicted octanol–water partition coefficient (Wildman–Crippen LogP) is 2.20. The van der Waals surface area contributed by atoms with E-state index in [0.717, 1.165) is 16.7 Å². The number of fused-ring (bicyclic) bond motifs is 1. The topological polar surface area (TPSA) is 59.8 Å². The van der Waals surface area contributed by atoms with Crippen LogP contribution in [0.5, 0.6) is 0 Å². The molecule has 20 heavy (non-hydrogen) atoms. The first-order valence-corrected chi connectivity index (χ1v) is 6.66. The molecule has 0 aliphatic carbocycles. The molecule has 2 aromatic rings. The number of aromatic nitrogens is 3. The first kappa shape index (κ1) is 12.8. The van der Waals surface area contributed by atoms with Crippen LogP contribution in [-0.2, 0) is 17.3 Å². The molecule has 0 saturated heterocycles. The molecular weight excluding hydrogens is 252 g/mol. The number of carbonyl (C=O) groups excluding carboxylic acids is 1. The van der Waals surface area contributed by atoms with Gasteiger partial charge in [0.1, 0.15) is 5.82 Å². The summed E-state index contributed by atoms with van der Waals surface area (Å²) in [5.41, 5.74) is 2.97. The van der Waals surface area contributed by atoms with Crippen LogP contribution in [0.4, 0.5) is 5.82 Å². The molecule has 5 heteroatoms. The van der Waals surface area contributed by atoms with Crippen LogP contribution in [0.3, 0.4) is 0 Å². The van der Waals surface area contributed by atoms with Crippen LogP contribution < -0.4 is 5.32 Å². The summed E-state index contributed by atoms with van der Waals surface area (Å²) in [6.45, 7) is 6.42. The summed E-state index contributed by atoms with van der Waals surface area (Å²) in [5, 5.41) is 7.00. The van der Waals surface area contributed by atoms with Crippen LogP contribution in [0.2, 0.25) is 0 Å². The monoisotopic (exact) mass is 270 g/mol. The Hall–Kier alpha value is -2.17. The second-order valence-corrected chi connectivity index (χ2v) is 6.28. The second kappa shape index (κ2) is 4.16. The van der Waals surface area contributed by atoms with Crippen molar-refractivity contribution in [2.24, 2.45) is 7.05 Å². The van der Waals surface area contributed by atoms with Crippen molar-refractivity contribution in [2.45, 2.75) is 32.1 Å². The molecule has 1 unspecified atom stereocenters. The van der Waals surface area contributed by atoms with E-state index in [-0.39, 0.29) is 17.2 Å². The van der Waals surface area contributed by atoms with Crippen molar-refractivity contribution < 1.29 is 4.79 Å². The zero-order valence-electron chi connectivity index (χ0n) is 12.1. The molecular formula is C15H18N4O. The van der Waals surface area contributed by atoms with Crippen LogP contribution in [-0.4, -0.2) is 20.7 Å². The molecule has 0 bridgehead atoms. The van der Waals surface area contributed by atoms with E-state index >= 15 is 0 Å². The number of anilines is 1. The number of carbonyl (C=O) groups is 1. The Labute approximate surface area is 118 Å². The Bertz CT molecular complexity index is 681. The maximum Gasteiger partial charge on any atom is 0.237 e. The third kappa shape index (κ3) is 1.99. The first-order chi connectivity index (χ1) is 9.36. The van der Waals surface area contributed by atoms with E-state index in [9.17, 15) is 4.79 Å². The van der Waals surface area contributed by atoms with E-state index in [0.29, 0.717) is 5.82 Å². The fraction of sp³-hybridized carbons (Fsp3) is 0.400. The van der Waals surface area contributed by atoms with E-state index in [1.54, 1.807) is 10.9 Å². The van der Waals surface area contributed by atoms with Crippen molar-refractivity contribution in [1.29, 1.82) is 0 Å². The quantitative estimate of drug-likeness (QED) is 0.864. The number of rotatable bonds is 1. The van der Waals surface area contributed by atoms with Crippen LogP contribution in [0.15, 0.2) is 24.7 Å². The highest BCUT2D eigenvalue weighted by Gasteiger charge is 2.34. The van der Waals surface area contributed by atoms with Gasteiger partial charge in [-0.1, -0.05) is 20.8 Å². The molecule has 0 saturated carbocycles. The van der Waals surface area contributed by atoms with Gasteiger partial charge in [0.05, 0.1) is 12.1 Å². The highest BCUT2D eigenvalue weighted by atomic mass is 16.2. The molecule has 0 radical (unpaired) electrons. The first-order valence-electron chi connectivity index (χ1n) is 6.66. The van der Waals surface area contributed by atoms with Gasteiger partial charge < -0.3 is 5.32 Å². The van der Waals surface area contributed by atoms with Gasteiger partial charge in [0.2, 0.25) is 5.91 Å². The van der Waals surface area contributed by atoms with Crippen molar-refractivity contribution in [1.82, 2.24) is 14.8 Å². The van der Waals surface area contributed by atoms with Crippen molar-refractivity contribution in [3.8, 4) is 0 Å². The maximum atomic E-state index is 12.2. The number of pyridine rings is 1. The Balaban J connectivity index is 2.11. The van der Waals surface area contributed by atoms with Crippen molar-refractivity contribution in [3.05, 3.63) is 41.3 Å². The Morgan fingerprint density at radius 2 is 2.05 bits per heavy atom. The molecule has 1 N–H and O–H groups in total. The summed E-state index contributed by atoms with van der Waals surface area (Å²) < 4.78 is 1.71. The number of nitrogens with zero attached hydrogens (tertiary/aromatic N) is 3. The summed E-state index contributed by atoms with van der Waals surface area (Å²) in [6.07, 6.45) is 5.46. The molecule has 1 atom stereocenters. The summed E-state index contributed by atoms with van der Waals surface area (Å²) in [5.74, 6) is 0.317. The summed E-state index contributed by atoms with van der Waals surface area (Å²) >= 11 is 0. The molecule has 0 fully saturated rings. The molecule has 104 valence electrons. The fourth-order valence-electron chi connectivity index (χ4n) is 2.47. The van der Waals surface area contributed by atoms with Crippen LogP contribution in [0, 0.1) is 0 Å². The summed E-state index contributed by atoms with van der Waals surface area (Å²) in [6, 6.07) is 2.08. The second-order valence-electron chi connectivity index (χ2n) is 6.28. The van der Waals surface area contributed by atoms with E-state index in [4.69, 9.17) is 0 Å². The third-order valence-electron chi connectivity index (χ3n) is 3.66. The minimum absolute atomic E-state index is 0.00710. The van der Waals surface area contributed by atoms with Crippen molar-refractivity contribution >= 4 is 11.7 Å². The standard InChI is InChI=1S/C15H18N4O/c1-15(2,3)10-5-11-12(9-6-17-19(4)8-9)14(20)18-13(11)16-7-10/h5-8,12H,1-4H3,(H,16,18,20). The average Bonchev–Trinajstić information content (AvgIpc) is 2.89. The fourth-order valence-corrected chi connectivity index (χ4v) is 2.47. The lowest BCUT2D eigenvalue weighted by atomic mass is 9.85. The van der Waals surface area contributed by atoms with E-state index < -0.39 is 0 Å². The number of aryl methyl sites for hydroxylation is 1. The zero-order valence-corrected chi connectivity index (χ0v) is 12.1. The van der Waals surface area contributed by atoms with E-state index in [2.05, 4.69) is 42.2 Å². The third-order valence-corrected chi connectivity index (χ3v) is 3.66. The van der Waals surface area contributed by atoms with Crippen LogP contribution >= 0.6 is 0 Å². The molecule has 3 heterocycles. The van der Waals surface area contributed by atoms with Crippen molar-refractivity contribution in [3.63, 3.8) is 0 Å². The number of hydrogen-bond donors (Lipinski definition) is 1. The van der Waals surface area contributed by atoms with Gasteiger partial charge in [-0.2, -0.15) is 5.10 Å². The number of nitrogens with one attached hydrogen (secondary N) is 1. The van der Waals surface area contributed by atoms with Gasteiger partial charge in [0.15, 0.2) is 0 Å². The van der Waals surface area contributed by atoms with Gasteiger partial charge in [0.25, 0.3) is 0 Å². The van der Waals surface area contributed by atoms with Gasteiger partial charge in [-0.3, -0.25) is 9.48 Å². The lowest BCUT2D eigenvalue weighted by molar-refractivity contribution is -0.116. The van der Waals surface area contributed by atoms with Crippen LogP contribution in [0.1, 0.15) is 43.4 Å². The Morgan fingerprint density at radius 1 is 1.30 bits per heavy atom. The molecule has 1 aliphatic rings. The Kier molecular flexibility index (Phi) is 2.67. The van der Waals surface area contributed by atoms with Gasteiger partial charge in [-0.05, 0) is 17.0 Å². The van der Waals surface area contributed by atoms with Gasteiger partial charge in [0, 0.05) is 30.6 Å². The Morgan fingerprint density at radius 3 is 2.65 bits per heavy atom. The van der Waals surface area contributed by atoms with E-state index in [1.165, 1.54) is 0 Å². The lowest BCUT2D eigenvalue weighted by Crippen LogP contribution is -2.13. The smallest absolute Gasteiger partial charge is 0.237 e. The minimum atomic E-state index is -0.312. The van der Waals surface area contributed by atoms with Gasteiger partial charge in [-0.25, -0.2) is 4.98 Å². The molecule has 3 rings (SSSR count). The molecule has 0 spiro atoms. The summed E-state index contributed by atoms with van der Waals surface area (Å²) in [7, 11) is 1.85. The molecule has 1 aliphatic heterocycles. The SMILES string of the molecule is Cn1cc(C2C(=O)Nc3ncc(C(C)(C)C)cc32)cn1. The van der Waals surface area contributed by atoms with Crippen LogP contribution in [0.25, 0.3) is 0 Å². The largest absolute Gasteiger partial charge is 0.310 e. The average molecular weight is 270 g/mol. The maximum absolute atomic E-state index is 12.2. The molecule has 0 aromatic carbocycles. The zero-order chi connectivity index (χ0) is 14.5. The highest BCUT2D eigenvalue weighted by Crippen LogP contribution is 2.37.